The molecule has 1 heterocycles. The number of rotatable bonds is 4. The average molecular weight is 281 g/mol. The van der Waals surface area contributed by atoms with Crippen molar-refractivity contribution in [2.75, 3.05) is 26.0 Å². The van der Waals surface area contributed by atoms with Crippen molar-refractivity contribution in [3.05, 3.63) is 29.8 Å². The van der Waals surface area contributed by atoms with Gasteiger partial charge in [0.1, 0.15) is 10.1 Å². The lowest BCUT2D eigenvalue weighted by molar-refractivity contribution is 0.414. The largest absolute Gasteiger partial charge is 0.497 e. The first kappa shape index (κ1) is 13.7. The van der Waals surface area contributed by atoms with Gasteiger partial charge in [-0.1, -0.05) is 36.1 Å². The van der Waals surface area contributed by atoms with Crippen LogP contribution in [-0.4, -0.2) is 35.2 Å². The fourth-order valence-corrected chi connectivity index (χ4v) is 3.35. The van der Waals surface area contributed by atoms with Gasteiger partial charge in [0.25, 0.3) is 0 Å². The standard InChI is InChI=1S/C14H19NOS2/c1-16-13-6-4-12(5-7-13)8-11-18-14(17)15-9-2-3-10-15/h4-7H,2-3,8-11H2,1H3. The Morgan fingerprint density at radius 3 is 2.56 bits per heavy atom. The normalized spacial score (nSPS) is 14.8. The SMILES string of the molecule is COc1ccc(CCSC(=S)N2CCCC2)cc1. The van der Waals surface area contributed by atoms with E-state index >= 15 is 0 Å². The highest BCUT2D eigenvalue weighted by atomic mass is 32.2. The third-order valence-corrected chi connectivity index (χ3v) is 4.66. The molecule has 0 saturated carbocycles. The van der Waals surface area contributed by atoms with Gasteiger partial charge < -0.3 is 9.64 Å². The zero-order valence-corrected chi connectivity index (χ0v) is 12.4. The number of hydrogen-bond donors (Lipinski definition) is 0. The van der Waals surface area contributed by atoms with Crippen LogP contribution in [0.1, 0.15) is 18.4 Å². The van der Waals surface area contributed by atoms with Crippen molar-refractivity contribution < 1.29 is 4.74 Å². The molecule has 4 heteroatoms. The number of methoxy groups -OCH3 is 1. The molecule has 0 unspecified atom stereocenters. The van der Waals surface area contributed by atoms with Gasteiger partial charge in [0, 0.05) is 18.8 Å². The van der Waals surface area contributed by atoms with Crippen molar-refractivity contribution in [3.8, 4) is 5.75 Å². The molecule has 0 radical (unpaired) electrons. The van der Waals surface area contributed by atoms with Gasteiger partial charge in [0.2, 0.25) is 0 Å². The van der Waals surface area contributed by atoms with Crippen molar-refractivity contribution in [1.29, 1.82) is 0 Å². The fraction of sp³-hybridized carbons (Fsp3) is 0.500. The molecule has 2 rings (SSSR count). The maximum absolute atomic E-state index is 5.44. The third-order valence-electron chi connectivity index (χ3n) is 3.14. The number of nitrogens with zero attached hydrogens (tertiary/aromatic N) is 1. The van der Waals surface area contributed by atoms with Crippen LogP contribution >= 0.6 is 24.0 Å². The molecule has 18 heavy (non-hydrogen) atoms. The van der Waals surface area contributed by atoms with Gasteiger partial charge in [-0.2, -0.15) is 0 Å². The van der Waals surface area contributed by atoms with Crippen LogP contribution in [0.5, 0.6) is 5.75 Å². The van der Waals surface area contributed by atoms with Crippen LogP contribution in [-0.2, 0) is 6.42 Å². The lowest BCUT2D eigenvalue weighted by Gasteiger charge is -2.17. The van der Waals surface area contributed by atoms with Crippen molar-refractivity contribution in [1.82, 2.24) is 4.90 Å². The zero-order chi connectivity index (χ0) is 12.8. The summed E-state index contributed by atoms with van der Waals surface area (Å²) in [5, 5.41) is 0. The predicted molar refractivity (Wildman–Crippen MR) is 82.6 cm³/mol. The van der Waals surface area contributed by atoms with Gasteiger partial charge in [-0.05, 0) is 37.0 Å². The highest BCUT2D eigenvalue weighted by Crippen LogP contribution is 2.18. The van der Waals surface area contributed by atoms with E-state index in [1.54, 1.807) is 18.9 Å². The molecule has 1 aliphatic heterocycles. The second-order valence-corrected chi connectivity index (χ2v) is 6.14. The molecule has 0 N–H and O–H groups in total. The van der Waals surface area contributed by atoms with Crippen molar-refractivity contribution in [2.45, 2.75) is 19.3 Å². The summed E-state index contributed by atoms with van der Waals surface area (Å²) >= 11 is 7.24. The number of thioether (sulfide) groups is 1. The molecule has 1 aromatic carbocycles. The maximum Gasteiger partial charge on any atom is 0.136 e. The summed E-state index contributed by atoms with van der Waals surface area (Å²) in [6, 6.07) is 8.27. The van der Waals surface area contributed by atoms with Gasteiger partial charge in [-0.15, -0.1) is 0 Å². The van der Waals surface area contributed by atoms with Crippen molar-refractivity contribution >= 4 is 28.3 Å². The Kier molecular flexibility index (Phi) is 5.32. The minimum Gasteiger partial charge on any atom is -0.497 e. The van der Waals surface area contributed by atoms with Crippen LogP contribution in [0.4, 0.5) is 0 Å². The summed E-state index contributed by atoms with van der Waals surface area (Å²) < 4.78 is 6.22. The highest BCUT2D eigenvalue weighted by Gasteiger charge is 2.14. The van der Waals surface area contributed by atoms with Gasteiger partial charge in [0.15, 0.2) is 0 Å². The van der Waals surface area contributed by atoms with E-state index in [-0.39, 0.29) is 0 Å². The zero-order valence-electron chi connectivity index (χ0n) is 10.7. The Labute approximate surface area is 119 Å². The topological polar surface area (TPSA) is 12.5 Å². The van der Waals surface area contributed by atoms with E-state index < -0.39 is 0 Å². The molecule has 0 atom stereocenters. The van der Waals surface area contributed by atoms with Gasteiger partial charge in [-0.3, -0.25) is 0 Å². The van der Waals surface area contributed by atoms with Crippen LogP contribution < -0.4 is 4.74 Å². The lowest BCUT2D eigenvalue weighted by atomic mass is 10.2. The lowest BCUT2D eigenvalue weighted by Crippen LogP contribution is -2.23. The second-order valence-electron chi connectivity index (χ2n) is 4.41. The van der Waals surface area contributed by atoms with Gasteiger partial charge in [-0.25, -0.2) is 0 Å². The highest BCUT2D eigenvalue weighted by molar-refractivity contribution is 8.22. The minimum atomic E-state index is 0.916. The first-order valence-electron chi connectivity index (χ1n) is 6.34. The van der Waals surface area contributed by atoms with E-state index in [9.17, 15) is 0 Å². The number of hydrogen-bond acceptors (Lipinski definition) is 3. The predicted octanol–water partition coefficient (Wildman–Crippen LogP) is 3.35. The Morgan fingerprint density at radius 2 is 1.94 bits per heavy atom. The molecule has 0 spiro atoms. The van der Waals surface area contributed by atoms with Gasteiger partial charge >= 0.3 is 0 Å². The Bertz CT molecular complexity index is 385. The summed E-state index contributed by atoms with van der Waals surface area (Å²) in [5.74, 6) is 1.97. The monoisotopic (exact) mass is 281 g/mol. The molecule has 2 nitrogen and oxygen atoms in total. The van der Waals surface area contributed by atoms with Crippen LogP contribution in [0, 0.1) is 0 Å². The molecule has 1 aliphatic rings. The Hall–Kier alpha value is -0.740. The van der Waals surface area contributed by atoms with Crippen LogP contribution in [0.3, 0.4) is 0 Å². The first-order chi connectivity index (χ1) is 8.79. The van der Waals surface area contributed by atoms with E-state index in [1.807, 2.05) is 12.1 Å². The van der Waals surface area contributed by atoms with E-state index in [0.717, 1.165) is 35.3 Å². The Balaban J connectivity index is 1.72. The quantitative estimate of drug-likeness (QED) is 0.784. The molecule has 0 aliphatic carbocycles. The smallest absolute Gasteiger partial charge is 0.136 e. The summed E-state index contributed by atoms with van der Waals surface area (Å²) in [4.78, 5) is 2.33. The number of ether oxygens (including phenoxy) is 1. The number of aryl methyl sites for hydroxylation is 1. The van der Waals surface area contributed by atoms with E-state index in [4.69, 9.17) is 17.0 Å². The molecule has 0 bridgehead atoms. The maximum atomic E-state index is 5.44. The minimum absolute atomic E-state index is 0.916. The molecule has 0 aromatic heterocycles. The molecule has 98 valence electrons. The third kappa shape index (κ3) is 3.89. The molecular weight excluding hydrogens is 262 g/mol. The number of benzene rings is 1. The number of thiocarbonyl (C=S) groups is 1. The fourth-order valence-electron chi connectivity index (χ4n) is 2.04. The summed E-state index contributed by atoms with van der Waals surface area (Å²) in [6.45, 7) is 2.29. The second kappa shape index (κ2) is 7.00. The van der Waals surface area contributed by atoms with Crippen molar-refractivity contribution in [2.24, 2.45) is 0 Å². The Morgan fingerprint density at radius 1 is 1.28 bits per heavy atom. The van der Waals surface area contributed by atoms with E-state index in [1.165, 1.54) is 18.4 Å². The molecule has 0 amide bonds. The number of likely N-dealkylation sites (tertiary alicyclic amines) is 1. The summed E-state index contributed by atoms with van der Waals surface area (Å²) in [7, 11) is 1.69. The molecule has 1 saturated heterocycles. The van der Waals surface area contributed by atoms with Crippen molar-refractivity contribution in [3.63, 3.8) is 0 Å². The van der Waals surface area contributed by atoms with E-state index in [0.29, 0.717) is 0 Å². The molecule has 1 aromatic rings. The van der Waals surface area contributed by atoms with E-state index in [2.05, 4.69) is 17.0 Å². The van der Waals surface area contributed by atoms with Crippen LogP contribution in [0.15, 0.2) is 24.3 Å². The van der Waals surface area contributed by atoms with Crippen LogP contribution in [0.25, 0.3) is 0 Å². The average Bonchev–Trinajstić information content (AvgIpc) is 2.93. The summed E-state index contributed by atoms with van der Waals surface area (Å²) in [5.41, 5.74) is 1.34. The van der Waals surface area contributed by atoms with Crippen LogP contribution in [0.2, 0.25) is 0 Å². The molecular formula is C14H19NOS2. The molecule has 1 fully saturated rings. The first-order valence-corrected chi connectivity index (χ1v) is 7.73. The summed E-state index contributed by atoms with van der Waals surface area (Å²) in [6.07, 6.45) is 3.64. The van der Waals surface area contributed by atoms with Gasteiger partial charge in [0.05, 0.1) is 7.11 Å².